The van der Waals surface area contributed by atoms with Crippen molar-refractivity contribution in [3.63, 3.8) is 0 Å². The standard InChI is InChI=1S/C23H27N5O/c29-16-17-7-11-27(12-8-17)23-21(24-9-10-25-23)13-18-14-28(15-18)22-6-5-19-3-1-2-4-20(19)26-22/h1-6,9-10,17-18,29H,7-8,11-16H2. The van der Waals surface area contributed by atoms with Crippen LogP contribution in [0.5, 0.6) is 0 Å². The molecule has 6 heteroatoms. The number of piperidine rings is 1. The van der Waals surface area contributed by atoms with Crippen LogP contribution in [0.3, 0.4) is 0 Å². The summed E-state index contributed by atoms with van der Waals surface area (Å²) in [5.41, 5.74) is 2.15. The third-order valence-corrected chi connectivity index (χ3v) is 6.27. The molecule has 0 spiro atoms. The minimum absolute atomic E-state index is 0.294. The molecule has 2 fully saturated rings. The second kappa shape index (κ2) is 7.95. The monoisotopic (exact) mass is 389 g/mol. The lowest BCUT2D eigenvalue weighted by Crippen LogP contribution is -2.48. The highest BCUT2D eigenvalue weighted by atomic mass is 16.3. The largest absolute Gasteiger partial charge is 0.396 e. The maximum atomic E-state index is 9.38. The molecule has 150 valence electrons. The van der Waals surface area contributed by atoms with Crippen LogP contribution in [0.4, 0.5) is 11.6 Å². The Kier molecular flexibility index (Phi) is 5.02. The van der Waals surface area contributed by atoms with Crippen molar-refractivity contribution in [2.45, 2.75) is 19.3 Å². The minimum atomic E-state index is 0.294. The number of aliphatic hydroxyl groups excluding tert-OH is 1. The van der Waals surface area contributed by atoms with Crippen molar-refractivity contribution in [1.29, 1.82) is 0 Å². The van der Waals surface area contributed by atoms with Gasteiger partial charge < -0.3 is 14.9 Å². The number of aliphatic hydroxyl groups is 1. The van der Waals surface area contributed by atoms with Crippen LogP contribution in [0.15, 0.2) is 48.8 Å². The number of nitrogens with zero attached hydrogens (tertiary/aromatic N) is 5. The lowest BCUT2D eigenvalue weighted by atomic mass is 9.93. The van der Waals surface area contributed by atoms with Gasteiger partial charge in [-0.25, -0.2) is 9.97 Å². The highest BCUT2D eigenvalue weighted by Gasteiger charge is 2.30. The van der Waals surface area contributed by atoms with E-state index in [1.54, 1.807) is 12.4 Å². The molecule has 29 heavy (non-hydrogen) atoms. The minimum Gasteiger partial charge on any atom is -0.396 e. The fourth-order valence-electron chi connectivity index (χ4n) is 4.49. The van der Waals surface area contributed by atoms with Gasteiger partial charge in [0.05, 0.1) is 11.2 Å². The first-order valence-corrected chi connectivity index (χ1v) is 10.6. The quantitative estimate of drug-likeness (QED) is 0.724. The molecule has 0 saturated carbocycles. The number of hydrogen-bond acceptors (Lipinski definition) is 6. The SMILES string of the molecule is OCC1CCN(c2nccnc2CC2CN(c3ccc4ccccc4n3)C2)CC1. The fourth-order valence-corrected chi connectivity index (χ4v) is 4.49. The Balaban J connectivity index is 1.23. The zero-order valence-corrected chi connectivity index (χ0v) is 16.6. The van der Waals surface area contributed by atoms with Crippen LogP contribution in [-0.4, -0.2) is 52.8 Å². The van der Waals surface area contributed by atoms with Crippen molar-refractivity contribution < 1.29 is 5.11 Å². The zero-order valence-electron chi connectivity index (χ0n) is 16.6. The predicted octanol–water partition coefficient (Wildman–Crippen LogP) is 2.91. The van der Waals surface area contributed by atoms with E-state index in [9.17, 15) is 5.11 Å². The van der Waals surface area contributed by atoms with Crippen LogP contribution in [0.1, 0.15) is 18.5 Å². The van der Waals surface area contributed by atoms with Gasteiger partial charge in [0.2, 0.25) is 0 Å². The Morgan fingerprint density at radius 2 is 1.69 bits per heavy atom. The molecule has 3 aromatic rings. The first-order valence-electron chi connectivity index (χ1n) is 10.6. The molecule has 2 saturated heterocycles. The van der Waals surface area contributed by atoms with E-state index in [2.05, 4.69) is 44.0 Å². The van der Waals surface area contributed by atoms with Gasteiger partial charge in [0, 0.05) is 50.6 Å². The van der Waals surface area contributed by atoms with Gasteiger partial charge in [0.1, 0.15) is 11.6 Å². The number of aromatic nitrogens is 3. The molecule has 1 aromatic carbocycles. The average molecular weight is 390 g/mol. The van der Waals surface area contributed by atoms with Crippen LogP contribution in [0, 0.1) is 11.8 Å². The lowest BCUT2D eigenvalue weighted by Gasteiger charge is -2.41. The first-order chi connectivity index (χ1) is 14.3. The van der Waals surface area contributed by atoms with E-state index in [1.165, 1.54) is 5.39 Å². The topological polar surface area (TPSA) is 65.4 Å². The van der Waals surface area contributed by atoms with Gasteiger partial charge in [0.15, 0.2) is 0 Å². The predicted molar refractivity (Wildman–Crippen MR) is 115 cm³/mol. The summed E-state index contributed by atoms with van der Waals surface area (Å²) in [6.45, 7) is 4.22. The van der Waals surface area contributed by atoms with Crippen molar-refractivity contribution in [2.24, 2.45) is 11.8 Å². The molecule has 0 bridgehead atoms. The van der Waals surface area contributed by atoms with Gasteiger partial charge >= 0.3 is 0 Å². The maximum absolute atomic E-state index is 9.38. The smallest absolute Gasteiger partial charge is 0.150 e. The van der Waals surface area contributed by atoms with Gasteiger partial charge in [-0.3, -0.25) is 4.98 Å². The van der Waals surface area contributed by atoms with E-state index in [-0.39, 0.29) is 0 Å². The van der Waals surface area contributed by atoms with Crippen LogP contribution in [0.25, 0.3) is 10.9 Å². The number of pyridine rings is 1. The summed E-state index contributed by atoms with van der Waals surface area (Å²) in [5, 5.41) is 10.6. The molecular formula is C23H27N5O. The second-order valence-corrected chi connectivity index (χ2v) is 8.28. The third kappa shape index (κ3) is 3.77. The van der Waals surface area contributed by atoms with Crippen molar-refractivity contribution in [3.05, 3.63) is 54.5 Å². The van der Waals surface area contributed by atoms with E-state index in [0.717, 1.165) is 68.3 Å². The van der Waals surface area contributed by atoms with E-state index in [4.69, 9.17) is 4.98 Å². The molecule has 0 atom stereocenters. The summed E-state index contributed by atoms with van der Waals surface area (Å²) in [6.07, 6.45) is 6.60. The molecule has 0 amide bonds. The Bertz CT molecular complexity index is 980. The third-order valence-electron chi connectivity index (χ3n) is 6.27. The zero-order chi connectivity index (χ0) is 19.6. The van der Waals surface area contributed by atoms with Crippen LogP contribution >= 0.6 is 0 Å². The molecule has 4 heterocycles. The fraction of sp³-hybridized carbons (Fsp3) is 0.435. The van der Waals surface area contributed by atoms with Crippen LogP contribution in [0.2, 0.25) is 0 Å². The van der Waals surface area contributed by atoms with Crippen molar-refractivity contribution in [2.75, 3.05) is 42.6 Å². The molecular weight excluding hydrogens is 362 g/mol. The summed E-state index contributed by atoms with van der Waals surface area (Å²) in [6, 6.07) is 12.5. The normalized spacial score (nSPS) is 18.2. The summed E-state index contributed by atoms with van der Waals surface area (Å²) in [7, 11) is 0. The number of rotatable bonds is 5. The molecule has 5 rings (SSSR count). The summed E-state index contributed by atoms with van der Waals surface area (Å²) in [5.74, 6) is 3.10. The van der Waals surface area contributed by atoms with Gasteiger partial charge in [0.25, 0.3) is 0 Å². The second-order valence-electron chi connectivity index (χ2n) is 8.28. The number of anilines is 2. The van der Waals surface area contributed by atoms with E-state index >= 15 is 0 Å². The Labute approximate surface area is 171 Å². The van der Waals surface area contributed by atoms with Crippen molar-refractivity contribution in [3.8, 4) is 0 Å². The number of fused-ring (bicyclic) bond motifs is 1. The van der Waals surface area contributed by atoms with E-state index in [1.807, 2.05) is 12.1 Å². The Hall–Kier alpha value is -2.73. The Morgan fingerprint density at radius 1 is 0.897 bits per heavy atom. The number of hydrogen-bond donors (Lipinski definition) is 1. The van der Waals surface area contributed by atoms with Crippen LogP contribution in [-0.2, 0) is 6.42 Å². The summed E-state index contributed by atoms with van der Waals surface area (Å²) >= 11 is 0. The average Bonchev–Trinajstić information content (AvgIpc) is 2.76. The van der Waals surface area contributed by atoms with Gasteiger partial charge in [-0.05, 0) is 49.3 Å². The molecule has 6 nitrogen and oxygen atoms in total. The van der Waals surface area contributed by atoms with E-state index in [0.29, 0.717) is 18.4 Å². The molecule has 2 aliphatic heterocycles. The Morgan fingerprint density at radius 3 is 2.52 bits per heavy atom. The summed E-state index contributed by atoms with van der Waals surface area (Å²) in [4.78, 5) is 18.8. The highest BCUT2D eigenvalue weighted by Crippen LogP contribution is 2.30. The number of benzene rings is 1. The molecule has 0 aliphatic carbocycles. The molecule has 2 aliphatic rings. The van der Waals surface area contributed by atoms with Gasteiger partial charge in [-0.15, -0.1) is 0 Å². The van der Waals surface area contributed by atoms with E-state index < -0.39 is 0 Å². The van der Waals surface area contributed by atoms with Gasteiger partial charge in [-0.1, -0.05) is 18.2 Å². The highest BCUT2D eigenvalue weighted by molar-refractivity contribution is 5.80. The molecule has 1 N–H and O–H groups in total. The number of para-hydroxylation sites is 1. The lowest BCUT2D eigenvalue weighted by molar-refractivity contribution is 0.202. The molecule has 0 unspecified atom stereocenters. The summed E-state index contributed by atoms with van der Waals surface area (Å²) < 4.78 is 0. The molecule has 2 aromatic heterocycles. The van der Waals surface area contributed by atoms with Crippen molar-refractivity contribution in [1.82, 2.24) is 15.0 Å². The first kappa shape index (κ1) is 18.3. The van der Waals surface area contributed by atoms with Crippen LogP contribution < -0.4 is 9.80 Å². The van der Waals surface area contributed by atoms with Gasteiger partial charge in [-0.2, -0.15) is 0 Å². The maximum Gasteiger partial charge on any atom is 0.150 e. The van der Waals surface area contributed by atoms with Crippen molar-refractivity contribution >= 4 is 22.5 Å². The molecule has 0 radical (unpaired) electrons.